The van der Waals surface area contributed by atoms with Gasteiger partial charge in [0.05, 0.1) is 15.4 Å². The Morgan fingerprint density at radius 1 is 1.38 bits per heavy atom. The molecule has 1 aliphatic rings. The fourth-order valence-corrected chi connectivity index (χ4v) is 3.75. The molecule has 1 aliphatic heterocycles. The highest BCUT2D eigenvalue weighted by Gasteiger charge is 2.44. The number of aryl methyl sites for hydroxylation is 1. The average Bonchev–Trinajstić information content (AvgIpc) is 2.85. The van der Waals surface area contributed by atoms with Gasteiger partial charge in [-0.15, -0.1) is 11.8 Å². The number of hydrogen-bond donors (Lipinski definition) is 2. The van der Waals surface area contributed by atoms with E-state index in [-0.39, 0.29) is 11.3 Å². The number of carbonyl (C=O) groups is 2. The first-order chi connectivity index (χ1) is 11.4. The molecule has 1 saturated heterocycles. The molecule has 0 unspecified atom stereocenters. The Labute approximate surface area is 152 Å². The predicted molar refractivity (Wildman–Crippen MR) is 94.3 cm³/mol. The number of nitrogens with one attached hydrogen (secondary N) is 2. The third-order valence-corrected chi connectivity index (χ3v) is 5.24. The molecule has 0 spiro atoms. The summed E-state index contributed by atoms with van der Waals surface area (Å²) in [5, 5.41) is 9.87. The molecule has 2 aromatic rings. The van der Waals surface area contributed by atoms with E-state index in [2.05, 4.69) is 15.8 Å². The van der Waals surface area contributed by atoms with Crippen LogP contribution in [-0.2, 0) is 9.59 Å². The van der Waals surface area contributed by atoms with Gasteiger partial charge in [-0.25, -0.2) is 0 Å². The Hall–Kier alpha value is -1.70. The number of carbonyl (C=O) groups excluding carboxylic acids is 2. The number of benzene rings is 1. The second kappa shape index (κ2) is 6.66. The lowest BCUT2D eigenvalue weighted by Gasteiger charge is -2.34. The molecule has 126 valence electrons. The highest BCUT2D eigenvalue weighted by molar-refractivity contribution is 7.99. The molecule has 2 atom stereocenters. The molecule has 0 saturated carbocycles. The number of halogens is 2. The van der Waals surface area contributed by atoms with E-state index in [0.29, 0.717) is 32.8 Å². The van der Waals surface area contributed by atoms with Gasteiger partial charge in [-0.3, -0.25) is 9.59 Å². The van der Waals surface area contributed by atoms with Gasteiger partial charge in [0.25, 0.3) is 0 Å². The Morgan fingerprint density at radius 3 is 2.62 bits per heavy atom. The number of aromatic nitrogens is 1. The number of thioether (sulfide) groups is 1. The van der Waals surface area contributed by atoms with E-state index in [9.17, 15) is 9.59 Å². The summed E-state index contributed by atoms with van der Waals surface area (Å²) in [6, 6.07) is 5.05. The molecule has 24 heavy (non-hydrogen) atoms. The van der Waals surface area contributed by atoms with Gasteiger partial charge in [0.2, 0.25) is 11.8 Å². The Balaban J connectivity index is 1.94. The number of rotatable bonds is 4. The quantitative estimate of drug-likeness (QED) is 0.622. The molecule has 0 aliphatic carbocycles. The SMILES string of the molecule is CS[C@H]1NC(=O)[C@H]1C(=O)Nc1c(-c2c(Cl)cccc2Cl)noc1C. The average molecular weight is 386 g/mol. The number of nitrogens with zero attached hydrogens (tertiary/aromatic N) is 1. The van der Waals surface area contributed by atoms with E-state index in [1.165, 1.54) is 11.8 Å². The summed E-state index contributed by atoms with van der Waals surface area (Å²) >= 11 is 13.8. The second-order valence-corrected chi connectivity index (χ2v) is 6.98. The van der Waals surface area contributed by atoms with Gasteiger partial charge in [-0.05, 0) is 25.3 Å². The summed E-state index contributed by atoms with van der Waals surface area (Å²) in [6.45, 7) is 1.66. The van der Waals surface area contributed by atoms with Crippen molar-refractivity contribution in [3.8, 4) is 11.3 Å². The highest BCUT2D eigenvalue weighted by Crippen LogP contribution is 2.39. The van der Waals surface area contributed by atoms with Crippen LogP contribution >= 0.6 is 35.0 Å². The summed E-state index contributed by atoms with van der Waals surface area (Å²) in [7, 11) is 0. The van der Waals surface area contributed by atoms with Crippen LogP contribution in [0.4, 0.5) is 5.69 Å². The van der Waals surface area contributed by atoms with E-state index in [0.717, 1.165) is 0 Å². The van der Waals surface area contributed by atoms with Gasteiger partial charge in [-0.2, -0.15) is 0 Å². The Kier molecular flexibility index (Phi) is 4.76. The summed E-state index contributed by atoms with van der Waals surface area (Å²) in [5.74, 6) is -1.09. The van der Waals surface area contributed by atoms with Gasteiger partial charge >= 0.3 is 0 Å². The minimum absolute atomic E-state index is 0.245. The van der Waals surface area contributed by atoms with Crippen molar-refractivity contribution in [2.24, 2.45) is 5.92 Å². The van der Waals surface area contributed by atoms with Crippen molar-refractivity contribution in [2.45, 2.75) is 12.3 Å². The minimum atomic E-state index is -0.760. The minimum Gasteiger partial charge on any atom is -0.359 e. The summed E-state index contributed by atoms with van der Waals surface area (Å²) in [6.07, 6.45) is 1.82. The van der Waals surface area contributed by atoms with Crippen LogP contribution < -0.4 is 10.6 Å². The maximum atomic E-state index is 12.5. The van der Waals surface area contributed by atoms with Crippen LogP contribution in [0.2, 0.25) is 10.0 Å². The first kappa shape index (κ1) is 17.1. The van der Waals surface area contributed by atoms with E-state index < -0.39 is 11.8 Å². The van der Waals surface area contributed by atoms with Crippen molar-refractivity contribution in [2.75, 3.05) is 11.6 Å². The number of β-lactam (4-membered cyclic amide) rings is 1. The number of amides is 2. The van der Waals surface area contributed by atoms with Crippen molar-refractivity contribution in [1.29, 1.82) is 0 Å². The molecule has 0 radical (unpaired) electrons. The lowest BCUT2D eigenvalue weighted by atomic mass is 10.00. The zero-order chi connectivity index (χ0) is 17.4. The van der Waals surface area contributed by atoms with Crippen LogP contribution in [0.3, 0.4) is 0 Å². The van der Waals surface area contributed by atoms with E-state index >= 15 is 0 Å². The fraction of sp³-hybridized carbons (Fsp3) is 0.267. The first-order valence-corrected chi connectivity index (χ1v) is 9.03. The zero-order valence-corrected chi connectivity index (χ0v) is 15.1. The highest BCUT2D eigenvalue weighted by atomic mass is 35.5. The van der Waals surface area contributed by atoms with Gasteiger partial charge in [0, 0.05) is 5.56 Å². The van der Waals surface area contributed by atoms with Crippen LogP contribution in [-0.4, -0.2) is 28.6 Å². The monoisotopic (exact) mass is 385 g/mol. The van der Waals surface area contributed by atoms with Crippen LogP contribution in [0.5, 0.6) is 0 Å². The van der Waals surface area contributed by atoms with Crippen molar-refractivity contribution in [1.82, 2.24) is 10.5 Å². The largest absolute Gasteiger partial charge is 0.359 e. The van der Waals surface area contributed by atoms with Gasteiger partial charge < -0.3 is 15.2 Å². The van der Waals surface area contributed by atoms with Crippen molar-refractivity contribution < 1.29 is 14.1 Å². The van der Waals surface area contributed by atoms with Crippen molar-refractivity contribution in [3.63, 3.8) is 0 Å². The van der Waals surface area contributed by atoms with Crippen LogP contribution in [0.1, 0.15) is 5.76 Å². The smallest absolute Gasteiger partial charge is 0.240 e. The number of anilines is 1. The first-order valence-electron chi connectivity index (χ1n) is 6.98. The van der Waals surface area contributed by atoms with Crippen LogP contribution in [0, 0.1) is 12.8 Å². The third kappa shape index (κ3) is 2.87. The summed E-state index contributed by atoms with van der Waals surface area (Å²) < 4.78 is 5.18. The lowest BCUT2D eigenvalue weighted by Crippen LogP contribution is -2.60. The van der Waals surface area contributed by atoms with Crippen LogP contribution in [0.25, 0.3) is 11.3 Å². The molecular weight excluding hydrogens is 373 g/mol. The van der Waals surface area contributed by atoms with Crippen LogP contribution in [0.15, 0.2) is 22.7 Å². The van der Waals surface area contributed by atoms with Gasteiger partial charge in [0.1, 0.15) is 17.3 Å². The van der Waals surface area contributed by atoms with E-state index in [1.54, 1.807) is 25.1 Å². The lowest BCUT2D eigenvalue weighted by molar-refractivity contribution is -0.139. The zero-order valence-electron chi connectivity index (χ0n) is 12.7. The molecular formula is C15H13Cl2N3O3S. The maximum Gasteiger partial charge on any atom is 0.240 e. The molecule has 2 N–H and O–H groups in total. The van der Waals surface area contributed by atoms with Crippen molar-refractivity contribution >= 4 is 52.5 Å². The van der Waals surface area contributed by atoms with E-state index in [4.69, 9.17) is 27.7 Å². The Morgan fingerprint density at radius 2 is 2.04 bits per heavy atom. The van der Waals surface area contributed by atoms with Gasteiger partial charge in [-0.1, -0.05) is 34.4 Å². The summed E-state index contributed by atoms with van der Waals surface area (Å²) in [4.78, 5) is 24.1. The van der Waals surface area contributed by atoms with E-state index in [1.807, 2.05) is 6.26 Å². The summed E-state index contributed by atoms with van der Waals surface area (Å²) in [5.41, 5.74) is 1.15. The molecule has 0 bridgehead atoms. The molecule has 1 aromatic heterocycles. The standard InChI is InChI=1S/C15H13Cl2N3O3S/c1-6-11(18-13(21)10-14(22)19-15(10)24-2)12(20-23-6)9-7(16)4-3-5-8(9)17/h3-5,10,15H,1-2H3,(H,18,21)(H,19,22)/t10-,15-/m1/s1. The third-order valence-electron chi connectivity index (χ3n) is 3.72. The van der Waals surface area contributed by atoms with Crippen molar-refractivity contribution in [3.05, 3.63) is 34.0 Å². The Bertz CT molecular complexity index is 804. The molecule has 2 heterocycles. The molecule has 1 fully saturated rings. The molecule has 6 nitrogen and oxygen atoms in total. The number of hydrogen-bond acceptors (Lipinski definition) is 5. The molecule has 2 amide bonds. The normalized spacial score (nSPS) is 19.6. The predicted octanol–water partition coefficient (Wildman–Crippen LogP) is 3.33. The maximum absolute atomic E-state index is 12.5. The fourth-order valence-electron chi connectivity index (χ4n) is 2.42. The topological polar surface area (TPSA) is 84.2 Å². The molecule has 3 rings (SSSR count). The molecule has 9 heteroatoms. The molecule has 1 aromatic carbocycles. The second-order valence-electron chi connectivity index (χ2n) is 5.19. The van der Waals surface area contributed by atoms with Gasteiger partial charge in [0.15, 0.2) is 5.76 Å².